The molecule has 0 aliphatic heterocycles. The van der Waals surface area contributed by atoms with Gasteiger partial charge in [-0.25, -0.2) is 0 Å². The quantitative estimate of drug-likeness (QED) is 0.860. The van der Waals surface area contributed by atoms with Crippen molar-refractivity contribution in [2.24, 2.45) is 7.05 Å². The Hall–Kier alpha value is -1.36. The Labute approximate surface area is 124 Å². The molecule has 4 nitrogen and oxygen atoms in total. The maximum atomic E-state index is 9.53. The first-order chi connectivity index (χ1) is 9.67. The predicted molar refractivity (Wildman–Crippen MR) is 80.7 cm³/mol. The summed E-state index contributed by atoms with van der Waals surface area (Å²) in [5, 5.41) is 18.0. The molecule has 0 radical (unpaired) electrons. The zero-order valence-electron chi connectivity index (χ0n) is 11.8. The van der Waals surface area contributed by atoms with Gasteiger partial charge in [0.1, 0.15) is 0 Å². The van der Waals surface area contributed by atoms with Gasteiger partial charge in [0.25, 0.3) is 0 Å². The van der Waals surface area contributed by atoms with Crippen molar-refractivity contribution in [1.82, 2.24) is 15.1 Å². The van der Waals surface area contributed by atoms with Crippen LogP contribution in [0.3, 0.4) is 0 Å². The minimum atomic E-state index is -0.104. The SMILES string of the molecule is CCc1nn(C)c(CNC(CO)c2ccccc2)c1Cl. The highest BCUT2D eigenvalue weighted by Crippen LogP contribution is 2.21. The van der Waals surface area contributed by atoms with Crippen LogP contribution in [-0.4, -0.2) is 21.5 Å². The highest BCUT2D eigenvalue weighted by Gasteiger charge is 2.15. The molecule has 1 aromatic carbocycles. The van der Waals surface area contributed by atoms with E-state index in [-0.39, 0.29) is 12.6 Å². The number of aromatic nitrogens is 2. The van der Waals surface area contributed by atoms with Crippen molar-refractivity contribution < 1.29 is 5.11 Å². The Morgan fingerprint density at radius 3 is 2.60 bits per heavy atom. The van der Waals surface area contributed by atoms with E-state index >= 15 is 0 Å². The molecular formula is C15H20ClN3O. The molecule has 2 aromatic rings. The number of nitrogens with one attached hydrogen (secondary N) is 1. The van der Waals surface area contributed by atoms with E-state index in [1.165, 1.54) is 0 Å². The third-order valence-electron chi connectivity index (χ3n) is 3.40. The first kappa shape index (κ1) is 15.0. The minimum Gasteiger partial charge on any atom is -0.394 e. The highest BCUT2D eigenvalue weighted by atomic mass is 35.5. The number of nitrogens with zero attached hydrogens (tertiary/aromatic N) is 2. The van der Waals surface area contributed by atoms with E-state index in [0.717, 1.165) is 23.4 Å². The lowest BCUT2D eigenvalue weighted by molar-refractivity contribution is 0.243. The lowest BCUT2D eigenvalue weighted by Crippen LogP contribution is -2.25. The second-order valence-corrected chi connectivity index (χ2v) is 5.09. The van der Waals surface area contributed by atoms with Gasteiger partial charge in [-0.3, -0.25) is 4.68 Å². The molecule has 0 spiro atoms. The van der Waals surface area contributed by atoms with E-state index in [9.17, 15) is 5.11 Å². The molecule has 1 aromatic heterocycles. The maximum Gasteiger partial charge on any atom is 0.0863 e. The number of halogens is 1. The summed E-state index contributed by atoms with van der Waals surface area (Å²) in [5.74, 6) is 0. The lowest BCUT2D eigenvalue weighted by atomic mass is 10.1. The van der Waals surface area contributed by atoms with E-state index in [1.807, 2.05) is 44.3 Å². The monoisotopic (exact) mass is 293 g/mol. The van der Waals surface area contributed by atoms with Gasteiger partial charge in [-0.15, -0.1) is 0 Å². The summed E-state index contributed by atoms with van der Waals surface area (Å²) >= 11 is 6.32. The average molecular weight is 294 g/mol. The number of aliphatic hydroxyl groups excluding tert-OH is 1. The molecular weight excluding hydrogens is 274 g/mol. The van der Waals surface area contributed by atoms with Crippen LogP contribution < -0.4 is 5.32 Å². The van der Waals surface area contributed by atoms with Gasteiger partial charge in [-0.1, -0.05) is 48.9 Å². The Balaban J connectivity index is 2.09. The minimum absolute atomic E-state index is 0.0418. The van der Waals surface area contributed by atoms with Crippen LogP contribution in [0.25, 0.3) is 0 Å². The summed E-state index contributed by atoms with van der Waals surface area (Å²) < 4.78 is 1.80. The highest BCUT2D eigenvalue weighted by molar-refractivity contribution is 6.31. The number of hydrogen-bond donors (Lipinski definition) is 2. The number of rotatable bonds is 6. The van der Waals surface area contributed by atoms with E-state index < -0.39 is 0 Å². The smallest absolute Gasteiger partial charge is 0.0863 e. The molecule has 20 heavy (non-hydrogen) atoms. The molecule has 0 aliphatic rings. The Morgan fingerprint density at radius 2 is 2.05 bits per heavy atom. The second kappa shape index (κ2) is 6.88. The molecule has 2 N–H and O–H groups in total. The van der Waals surface area contributed by atoms with E-state index in [2.05, 4.69) is 10.4 Å². The summed E-state index contributed by atoms with van der Waals surface area (Å²) in [6.07, 6.45) is 0.814. The number of aliphatic hydroxyl groups is 1. The molecule has 5 heteroatoms. The molecule has 108 valence electrons. The van der Waals surface area contributed by atoms with Crippen LogP contribution in [0.4, 0.5) is 0 Å². The zero-order valence-corrected chi connectivity index (χ0v) is 12.6. The molecule has 0 amide bonds. The number of aryl methyl sites for hydroxylation is 2. The van der Waals surface area contributed by atoms with Crippen molar-refractivity contribution in [1.29, 1.82) is 0 Å². The molecule has 1 unspecified atom stereocenters. The fourth-order valence-corrected chi connectivity index (χ4v) is 2.57. The molecule has 0 fully saturated rings. The van der Waals surface area contributed by atoms with Crippen LogP contribution in [-0.2, 0) is 20.0 Å². The molecule has 0 bridgehead atoms. The van der Waals surface area contributed by atoms with Crippen LogP contribution in [0.5, 0.6) is 0 Å². The van der Waals surface area contributed by atoms with Crippen molar-refractivity contribution in [3.05, 3.63) is 52.3 Å². The molecule has 0 saturated heterocycles. The maximum absolute atomic E-state index is 9.53. The van der Waals surface area contributed by atoms with Gasteiger partial charge in [0, 0.05) is 13.6 Å². The van der Waals surface area contributed by atoms with Gasteiger partial charge in [0.05, 0.1) is 29.1 Å². The summed E-state index contributed by atoms with van der Waals surface area (Å²) in [4.78, 5) is 0. The van der Waals surface area contributed by atoms with Crippen LogP contribution in [0.15, 0.2) is 30.3 Å². The van der Waals surface area contributed by atoms with Crippen molar-refractivity contribution in [3.8, 4) is 0 Å². The van der Waals surface area contributed by atoms with Crippen molar-refractivity contribution in [3.63, 3.8) is 0 Å². The van der Waals surface area contributed by atoms with Crippen molar-refractivity contribution >= 4 is 11.6 Å². The van der Waals surface area contributed by atoms with Gasteiger partial charge in [0.2, 0.25) is 0 Å². The van der Waals surface area contributed by atoms with Gasteiger partial charge in [-0.2, -0.15) is 5.10 Å². The zero-order chi connectivity index (χ0) is 14.5. The normalized spacial score (nSPS) is 12.6. The van der Waals surface area contributed by atoms with Gasteiger partial charge >= 0.3 is 0 Å². The van der Waals surface area contributed by atoms with Crippen LogP contribution in [0.1, 0.15) is 29.9 Å². The first-order valence-electron chi connectivity index (χ1n) is 6.76. The Morgan fingerprint density at radius 1 is 1.35 bits per heavy atom. The molecule has 0 saturated carbocycles. The summed E-state index contributed by atoms with van der Waals surface area (Å²) in [5.41, 5.74) is 2.91. The first-order valence-corrected chi connectivity index (χ1v) is 7.14. The van der Waals surface area contributed by atoms with Gasteiger partial charge in [-0.05, 0) is 12.0 Å². The van der Waals surface area contributed by atoms with Gasteiger partial charge < -0.3 is 10.4 Å². The standard InChI is InChI=1S/C15H20ClN3O/c1-3-12-15(16)14(19(2)18-12)9-17-13(10-20)11-7-5-4-6-8-11/h4-8,13,17,20H,3,9-10H2,1-2H3. The van der Waals surface area contributed by atoms with E-state index in [4.69, 9.17) is 11.6 Å². The summed E-state index contributed by atoms with van der Waals surface area (Å²) in [6, 6.07) is 9.78. The van der Waals surface area contributed by atoms with Crippen molar-refractivity contribution in [2.45, 2.75) is 25.9 Å². The molecule has 2 rings (SSSR count). The Kier molecular flexibility index (Phi) is 5.17. The second-order valence-electron chi connectivity index (χ2n) is 4.71. The lowest BCUT2D eigenvalue weighted by Gasteiger charge is -2.16. The molecule has 0 aliphatic carbocycles. The Bertz CT molecular complexity index is 554. The molecule has 1 atom stereocenters. The predicted octanol–water partition coefficient (Wildman–Crippen LogP) is 2.46. The number of benzene rings is 1. The van der Waals surface area contributed by atoms with Crippen molar-refractivity contribution in [2.75, 3.05) is 6.61 Å². The summed E-state index contributed by atoms with van der Waals surface area (Å²) in [6.45, 7) is 2.65. The fraction of sp³-hybridized carbons (Fsp3) is 0.400. The van der Waals surface area contributed by atoms with E-state index in [1.54, 1.807) is 4.68 Å². The topological polar surface area (TPSA) is 50.1 Å². The van der Waals surface area contributed by atoms with Crippen LogP contribution in [0.2, 0.25) is 5.02 Å². The number of hydrogen-bond acceptors (Lipinski definition) is 3. The molecule has 1 heterocycles. The van der Waals surface area contributed by atoms with Crippen LogP contribution >= 0.6 is 11.6 Å². The largest absolute Gasteiger partial charge is 0.394 e. The third kappa shape index (κ3) is 3.20. The summed E-state index contributed by atoms with van der Waals surface area (Å²) in [7, 11) is 1.89. The van der Waals surface area contributed by atoms with Gasteiger partial charge in [0.15, 0.2) is 0 Å². The van der Waals surface area contributed by atoms with E-state index in [0.29, 0.717) is 11.6 Å². The average Bonchev–Trinajstić information content (AvgIpc) is 2.76. The fourth-order valence-electron chi connectivity index (χ4n) is 2.20. The van der Waals surface area contributed by atoms with Crippen LogP contribution in [0, 0.1) is 0 Å². The third-order valence-corrected chi connectivity index (χ3v) is 3.84.